The van der Waals surface area contributed by atoms with Crippen molar-refractivity contribution in [2.24, 2.45) is 5.92 Å². The number of carbonyl (C=O) groups excluding carboxylic acids is 1. The number of piperazine rings is 1. The molecule has 1 atom stereocenters. The van der Waals surface area contributed by atoms with Crippen molar-refractivity contribution in [1.29, 1.82) is 0 Å². The summed E-state index contributed by atoms with van der Waals surface area (Å²) in [5.41, 5.74) is 3.91. The maximum atomic E-state index is 13.2. The molecule has 1 heterocycles. The van der Waals surface area contributed by atoms with Crippen LogP contribution in [0.1, 0.15) is 37.9 Å². The molecule has 30 heavy (non-hydrogen) atoms. The smallest absolute Gasteiger partial charge is 0.319 e. The van der Waals surface area contributed by atoms with Gasteiger partial charge in [0.15, 0.2) is 0 Å². The second-order valence-electron chi connectivity index (χ2n) is 8.29. The molecule has 0 saturated carbocycles. The molecule has 2 aromatic carbocycles. The Morgan fingerprint density at radius 2 is 1.73 bits per heavy atom. The van der Waals surface area contributed by atoms with E-state index in [-0.39, 0.29) is 23.8 Å². The Kier molecular flexibility index (Phi) is 7.32. The Morgan fingerprint density at radius 1 is 1.07 bits per heavy atom. The lowest BCUT2D eigenvalue weighted by Gasteiger charge is -2.35. The molecule has 1 fully saturated rings. The number of likely N-dealkylation sites (N-methyl/N-ethyl adjacent to an activating group) is 1. The topological polar surface area (TPSA) is 47.6 Å². The minimum atomic E-state index is -0.280. The molecule has 0 aromatic heterocycles. The highest BCUT2D eigenvalue weighted by atomic mass is 19.1. The fourth-order valence-corrected chi connectivity index (χ4v) is 3.91. The van der Waals surface area contributed by atoms with Gasteiger partial charge in [0.2, 0.25) is 0 Å². The summed E-state index contributed by atoms with van der Waals surface area (Å²) in [5.74, 6) is -0.107. The monoisotopic (exact) mass is 412 g/mol. The van der Waals surface area contributed by atoms with E-state index in [1.165, 1.54) is 17.8 Å². The van der Waals surface area contributed by atoms with Crippen LogP contribution in [0, 0.1) is 18.7 Å². The van der Waals surface area contributed by atoms with Gasteiger partial charge in [-0.2, -0.15) is 0 Å². The summed E-state index contributed by atoms with van der Waals surface area (Å²) in [6.45, 7) is 13.6. The summed E-state index contributed by atoms with van der Waals surface area (Å²) in [6.07, 6.45) is 0. The van der Waals surface area contributed by atoms with Gasteiger partial charge in [0.05, 0.1) is 6.04 Å². The second-order valence-corrected chi connectivity index (χ2v) is 8.29. The van der Waals surface area contributed by atoms with E-state index in [4.69, 9.17) is 0 Å². The van der Waals surface area contributed by atoms with E-state index < -0.39 is 0 Å². The van der Waals surface area contributed by atoms with Crippen LogP contribution in [-0.2, 0) is 0 Å². The highest BCUT2D eigenvalue weighted by Gasteiger charge is 2.20. The van der Waals surface area contributed by atoms with Crippen LogP contribution in [0.2, 0.25) is 0 Å². The second kappa shape index (κ2) is 9.94. The van der Waals surface area contributed by atoms with E-state index in [2.05, 4.69) is 39.5 Å². The third kappa shape index (κ3) is 5.51. The Balaban J connectivity index is 1.63. The van der Waals surface area contributed by atoms with Gasteiger partial charge in [-0.25, -0.2) is 9.18 Å². The van der Waals surface area contributed by atoms with Crippen LogP contribution in [0.4, 0.5) is 20.6 Å². The average Bonchev–Trinajstić information content (AvgIpc) is 2.74. The Bertz CT molecular complexity index is 845. The maximum Gasteiger partial charge on any atom is 0.319 e. The van der Waals surface area contributed by atoms with Gasteiger partial charge in [0.25, 0.3) is 0 Å². The fraction of sp³-hybridized carbons (Fsp3) is 0.458. The lowest BCUT2D eigenvalue weighted by molar-refractivity contribution is 0.244. The number of hydrogen-bond acceptors (Lipinski definition) is 3. The molecule has 3 rings (SSSR count). The minimum Gasteiger partial charge on any atom is -0.369 e. The van der Waals surface area contributed by atoms with Crippen LogP contribution in [0.25, 0.3) is 0 Å². The van der Waals surface area contributed by atoms with Crippen LogP contribution in [0.3, 0.4) is 0 Å². The number of halogens is 1. The lowest BCUT2D eigenvalue weighted by Crippen LogP contribution is -2.46. The molecule has 2 amide bonds. The first-order valence-corrected chi connectivity index (χ1v) is 10.8. The first-order valence-electron chi connectivity index (χ1n) is 10.8. The zero-order chi connectivity index (χ0) is 21.7. The number of nitrogens with one attached hydrogen (secondary N) is 2. The summed E-state index contributed by atoms with van der Waals surface area (Å²) >= 11 is 0. The summed E-state index contributed by atoms with van der Waals surface area (Å²) in [6, 6.07) is 12.0. The number of carbonyl (C=O) groups is 1. The number of hydrogen-bond donors (Lipinski definition) is 2. The maximum absolute atomic E-state index is 13.2. The van der Waals surface area contributed by atoms with Crippen molar-refractivity contribution in [3.8, 4) is 0 Å². The largest absolute Gasteiger partial charge is 0.369 e. The standard InChI is InChI=1S/C24H33FN4O/c1-5-28-12-14-29(15-13-28)21-10-11-22(18(4)16-21)26-24(30)27-23(17(2)3)19-6-8-20(25)9-7-19/h6-11,16-17,23H,5,12-15H2,1-4H3,(H2,26,27,30)/t23-/m0/s1. The van der Waals surface area contributed by atoms with Gasteiger partial charge in [-0.1, -0.05) is 32.9 Å². The molecule has 2 N–H and O–H groups in total. The van der Waals surface area contributed by atoms with E-state index in [0.29, 0.717) is 0 Å². The van der Waals surface area contributed by atoms with E-state index in [9.17, 15) is 9.18 Å². The van der Waals surface area contributed by atoms with Crippen molar-refractivity contribution in [3.05, 3.63) is 59.4 Å². The molecule has 0 aliphatic carbocycles. The number of amides is 2. The van der Waals surface area contributed by atoms with E-state index >= 15 is 0 Å². The van der Waals surface area contributed by atoms with Gasteiger partial charge < -0.3 is 20.4 Å². The van der Waals surface area contributed by atoms with Crippen LogP contribution in [0.5, 0.6) is 0 Å². The molecule has 1 aliphatic rings. The molecular formula is C24H33FN4O. The van der Waals surface area contributed by atoms with Crippen molar-refractivity contribution in [3.63, 3.8) is 0 Å². The third-order valence-electron chi connectivity index (χ3n) is 5.83. The van der Waals surface area contributed by atoms with Gasteiger partial charge in [-0.05, 0) is 60.8 Å². The third-order valence-corrected chi connectivity index (χ3v) is 5.83. The number of aryl methyl sites for hydroxylation is 1. The number of anilines is 2. The van der Waals surface area contributed by atoms with Crippen LogP contribution < -0.4 is 15.5 Å². The Hall–Kier alpha value is -2.60. The van der Waals surface area contributed by atoms with Crippen LogP contribution in [-0.4, -0.2) is 43.7 Å². The molecule has 0 radical (unpaired) electrons. The Morgan fingerprint density at radius 3 is 2.30 bits per heavy atom. The highest BCUT2D eigenvalue weighted by molar-refractivity contribution is 5.90. The molecule has 0 unspecified atom stereocenters. The first kappa shape index (κ1) is 22.1. The van der Waals surface area contributed by atoms with Crippen molar-refractivity contribution >= 4 is 17.4 Å². The van der Waals surface area contributed by atoms with Crippen molar-refractivity contribution in [2.45, 2.75) is 33.7 Å². The number of benzene rings is 2. The number of nitrogens with zero attached hydrogens (tertiary/aromatic N) is 2. The molecular weight excluding hydrogens is 379 g/mol. The van der Waals surface area contributed by atoms with Crippen LogP contribution >= 0.6 is 0 Å². The minimum absolute atomic E-state index is 0.173. The zero-order valence-electron chi connectivity index (χ0n) is 18.4. The van der Waals surface area contributed by atoms with Gasteiger partial charge in [-0.3, -0.25) is 0 Å². The van der Waals surface area contributed by atoms with Gasteiger partial charge >= 0.3 is 6.03 Å². The van der Waals surface area contributed by atoms with Crippen molar-refractivity contribution in [1.82, 2.24) is 10.2 Å². The molecule has 0 spiro atoms. The quantitative estimate of drug-likeness (QED) is 0.717. The molecule has 162 valence electrons. The van der Waals surface area contributed by atoms with Crippen LogP contribution in [0.15, 0.2) is 42.5 Å². The fourth-order valence-electron chi connectivity index (χ4n) is 3.91. The predicted octanol–water partition coefficient (Wildman–Crippen LogP) is 4.79. The molecule has 1 saturated heterocycles. The van der Waals surface area contributed by atoms with Gasteiger partial charge in [0, 0.05) is 37.6 Å². The van der Waals surface area contributed by atoms with Crippen molar-refractivity contribution < 1.29 is 9.18 Å². The summed E-state index contributed by atoms with van der Waals surface area (Å²) in [7, 11) is 0. The molecule has 2 aromatic rings. The Labute approximate surface area is 179 Å². The predicted molar refractivity (Wildman–Crippen MR) is 122 cm³/mol. The number of urea groups is 1. The van der Waals surface area contributed by atoms with E-state index in [0.717, 1.165) is 49.5 Å². The lowest BCUT2D eigenvalue weighted by atomic mass is 9.96. The molecule has 6 heteroatoms. The molecule has 0 bridgehead atoms. The summed E-state index contributed by atoms with van der Waals surface area (Å²) in [5, 5.41) is 6.00. The normalized spacial score (nSPS) is 15.9. The van der Waals surface area contributed by atoms with Gasteiger partial charge in [-0.15, -0.1) is 0 Å². The average molecular weight is 413 g/mol. The molecule has 5 nitrogen and oxygen atoms in total. The van der Waals surface area contributed by atoms with Crippen molar-refractivity contribution in [2.75, 3.05) is 42.9 Å². The van der Waals surface area contributed by atoms with E-state index in [1.807, 2.05) is 26.8 Å². The first-order chi connectivity index (χ1) is 14.4. The SMILES string of the molecule is CCN1CCN(c2ccc(NC(=O)N[C@H](c3ccc(F)cc3)C(C)C)c(C)c2)CC1. The zero-order valence-corrected chi connectivity index (χ0v) is 18.4. The highest BCUT2D eigenvalue weighted by Crippen LogP contribution is 2.25. The van der Waals surface area contributed by atoms with Gasteiger partial charge in [0.1, 0.15) is 5.82 Å². The number of rotatable bonds is 6. The van der Waals surface area contributed by atoms with E-state index in [1.54, 1.807) is 12.1 Å². The summed E-state index contributed by atoms with van der Waals surface area (Å²) < 4.78 is 13.2. The molecule has 1 aliphatic heterocycles. The summed E-state index contributed by atoms with van der Waals surface area (Å²) in [4.78, 5) is 17.5.